The van der Waals surface area contributed by atoms with Gasteiger partial charge >= 0.3 is 0 Å². The molecule has 90 valence electrons. The van der Waals surface area contributed by atoms with Crippen LogP contribution in [0.2, 0.25) is 5.02 Å². The zero-order valence-corrected chi connectivity index (χ0v) is 11.0. The van der Waals surface area contributed by atoms with Gasteiger partial charge in [0.05, 0.1) is 0 Å². The molecule has 0 N–H and O–H groups in total. The van der Waals surface area contributed by atoms with E-state index in [0.29, 0.717) is 0 Å². The lowest BCUT2D eigenvalue weighted by molar-refractivity contribution is 1.03. The second kappa shape index (κ2) is 6.23. The van der Waals surface area contributed by atoms with Crippen LogP contribution in [0.25, 0.3) is 0 Å². The highest BCUT2D eigenvalue weighted by molar-refractivity contribution is 6.30. The van der Waals surface area contributed by atoms with Crippen molar-refractivity contribution >= 4 is 11.6 Å². The van der Waals surface area contributed by atoms with Crippen molar-refractivity contribution in [2.75, 3.05) is 0 Å². The van der Waals surface area contributed by atoms with Gasteiger partial charge in [0.1, 0.15) is 5.69 Å². The molecule has 0 aliphatic heterocycles. The van der Waals surface area contributed by atoms with Crippen LogP contribution in [0, 0.1) is 18.8 Å². The number of pyridine rings is 1. The summed E-state index contributed by atoms with van der Waals surface area (Å²) in [6.45, 7) is 1.97. The maximum Gasteiger partial charge on any atom is 0.113 e. The quantitative estimate of drug-likeness (QED) is 0.739. The summed E-state index contributed by atoms with van der Waals surface area (Å²) in [5.74, 6) is 6.22. The van der Waals surface area contributed by atoms with E-state index in [0.717, 1.165) is 29.3 Å². The fraction of sp³-hybridized carbons (Fsp3) is 0.188. The average Bonchev–Trinajstić information content (AvgIpc) is 2.35. The zero-order chi connectivity index (χ0) is 12.8. The standard InChI is InChI=1S/C16H14ClN/c1-13-6-4-11-16(18-13)10-3-2-7-14-8-5-9-15(17)12-14/h4-6,8-9,11-12H,2,7H2,1H3. The Balaban J connectivity index is 1.93. The summed E-state index contributed by atoms with van der Waals surface area (Å²) >= 11 is 5.92. The van der Waals surface area contributed by atoms with Gasteiger partial charge in [-0.1, -0.05) is 35.7 Å². The van der Waals surface area contributed by atoms with E-state index < -0.39 is 0 Å². The molecule has 1 heterocycles. The van der Waals surface area contributed by atoms with Gasteiger partial charge in [-0.3, -0.25) is 0 Å². The van der Waals surface area contributed by atoms with Crippen LogP contribution >= 0.6 is 11.6 Å². The SMILES string of the molecule is Cc1cccc(C#CCCc2cccc(Cl)c2)n1. The molecule has 0 fully saturated rings. The number of benzene rings is 1. The van der Waals surface area contributed by atoms with Crippen molar-refractivity contribution in [1.82, 2.24) is 4.98 Å². The molecule has 0 saturated heterocycles. The molecule has 0 spiro atoms. The summed E-state index contributed by atoms with van der Waals surface area (Å²) in [4.78, 5) is 4.34. The van der Waals surface area contributed by atoms with E-state index in [4.69, 9.17) is 11.6 Å². The van der Waals surface area contributed by atoms with Crippen LogP contribution in [0.4, 0.5) is 0 Å². The van der Waals surface area contributed by atoms with E-state index in [1.807, 2.05) is 43.3 Å². The molecule has 2 rings (SSSR count). The monoisotopic (exact) mass is 255 g/mol. The molecule has 0 aliphatic carbocycles. The van der Waals surface area contributed by atoms with Gasteiger partial charge in [-0.2, -0.15) is 0 Å². The maximum atomic E-state index is 5.92. The van der Waals surface area contributed by atoms with Crippen molar-refractivity contribution in [3.05, 3.63) is 64.4 Å². The fourth-order valence-corrected chi connectivity index (χ4v) is 1.88. The minimum absolute atomic E-state index is 0.779. The average molecular weight is 256 g/mol. The molecule has 0 radical (unpaired) electrons. The number of hydrogen-bond donors (Lipinski definition) is 0. The van der Waals surface area contributed by atoms with E-state index >= 15 is 0 Å². The van der Waals surface area contributed by atoms with E-state index in [-0.39, 0.29) is 0 Å². The second-order valence-corrected chi connectivity index (χ2v) is 4.53. The predicted molar refractivity (Wildman–Crippen MR) is 75.6 cm³/mol. The molecular formula is C16H14ClN. The molecule has 0 unspecified atom stereocenters. The summed E-state index contributed by atoms with van der Waals surface area (Å²) in [6, 6.07) is 13.8. The van der Waals surface area contributed by atoms with Gasteiger partial charge in [0, 0.05) is 17.1 Å². The second-order valence-electron chi connectivity index (χ2n) is 4.10. The third-order valence-electron chi connectivity index (χ3n) is 2.53. The molecule has 18 heavy (non-hydrogen) atoms. The minimum atomic E-state index is 0.779. The van der Waals surface area contributed by atoms with E-state index in [9.17, 15) is 0 Å². The van der Waals surface area contributed by atoms with Gasteiger partial charge in [0.2, 0.25) is 0 Å². The number of aromatic nitrogens is 1. The maximum absolute atomic E-state index is 5.92. The highest BCUT2D eigenvalue weighted by atomic mass is 35.5. The van der Waals surface area contributed by atoms with Gasteiger partial charge in [-0.15, -0.1) is 0 Å². The molecule has 0 atom stereocenters. The molecular weight excluding hydrogens is 242 g/mol. The first kappa shape index (κ1) is 12.7. The highest BCUT2D eigenvalue weighted by Gasteiger charge is 1.93. The van der Waals surface area contributed by atoms with Crippen LogP contribution in [0.1, 0.15) is 23.4 Å². The Labute approximate surface area is 113 Å². The summed E-state index contributed by atoms with van der Waals surface area (Å²) in [6.07, 6.45) is 1.73. The van der Waals surface area contributed by atoms with Crippen LogP contribution in [-0.4, -0.2) is 4.98 Å². The Morgan fingerprint density at radius 2 is 2.00 bits per heavy atom. The van der Waals surface area contributed by atoms with E-state index in [2.05, 4.69) is 22.9 Å². The number of hydrogen-bond acceptors (Lipinski definition) is 1. The van der Waals surface area contributed by atoms with Gasteiger partial charge in [-0.25, -0.2) is 4.98 Å². The normalized spacial score (nSPS) is 9.67. The van der Waals surface area contributed by atoms with Crippen LogP contribution in [0.3, 0.4) is 0 Å². The lowest BCUT2D eigenvalue weighted by atomic mass is 10.1. The summed E-state index contributed by atoms with van der Waals surface area (Å²) in [5, 5.41) is 0.779. The molecule has 0 saturated carbocycles. The molecule has 1 aromatic heterocycles. The number of rotatable bonds is 2. The lowest BCUT2D eigenvalue weighted by Crippen LogP contribution is -1.86. The number of halogens is 1. The summed E-state index contributed by atoms with van der Waals surface area (Å²) in [7, 11) is 0. The Kier molecular flexibility index (Phi) is 4.39. The third kappa shape index (κ3) is 3.91. The Morgan fingerprint density at radius 1 is 1.17 bits per heavy atom. The van der Waals surface area contributed by atoms with E-state index in [1.54, 1.807) is 0 Å². The zero-order valence-electron chi connectivity index (χ0n) is 10.3. The minimum Gasteiger partial charge on any atom is -0.245 e. The first-order valence-corrected chi connectivity index (χ1v) is 6.29. The molecule has 1 aromatic carbocycles. The van der Waals surface area contributed by atoms with Crippen molar-refractivity contribution in [2.45, 2.75) is 19.8 Å². The Morgan fingerprint density at radius 3 is 2.78 bits per heavy atom. The molecule has 0 aliphatic rings. The van der Waals surface area contributed by atoms with Crippen LogP contribution in [0.5, 0.6) is 0 Å². The molecule has 2 heteroatoms. The first-order valence-electron chi connectivity index (χ1n) is 5.91. The topological polar surface area (TPSA) is 12.9 Å². The smallest absolute Gasteiger partial charge is 0.113 e. The number of aryl methyl sites for hydroxylation is 2. The van der Waals surface area contributed by atoms with Crippen molar-refractivity contribution < 1.29 is 0 Å². The first-order chi connectivity index (χ1) is 8.74. The molecule has 0 bridgehead atoms. The molecule has 2 aromatic rings. The van der Waals surface area contributed by atoms with Crippen molar-refractivity contribution in [3.8, 4) is 11.8 Å². The third-order valence-corrected chi connectivity index (χ3v) is 2.77. The Hall–Kier alpha value is -1.78. The van der Waals surface area contributed by atoms with Crippen molar-refractivity contribution in [3.63, 3.8) is 0 Å². The summed E-state index contributed by atoms with van der Waals surface area (Å²) < 4.78 is 0. The van der Waals surface area contributed by atoms with Crippen molar-refractivity contribution in [1.29, 1.82) is 0 Å². The molecule has 0 amide bonds. The molecule has 1 nitrogen and oxygen atoms in total. The van der Waals surface area contributed by atoms with Crippen LogP contribution in [0.15, 0.2) is 42.5 Å². The van der Waals surface area contributed by atoms with E-state index in [1.165, 1.54) is 5.56 Å². The number of nitrogens with zero attached hydrogens (tertiary/aromatic N) is 1. The van der Waals surface area contributed by atoms with Gasteiger partial charge < -0.3 is 0 Å². The van der Waals surface area contributed by atoms with Gasteiger partial charge in [0.15, 0.2) is 0 Å². The summed E-state index contributed by atoms with van der Waals surface area (Å²) in [5.41, 5.74) is 3.05. The largest absolute Gasteiger partial charge is 0.245 e. The highest BCUT2D eigenvalue weighted by Crippen LogP contribution is 2.11. The van der Waals surface area contributed by atoms with Gasteiger partial charge in [0.25, 0.3) is 0 Å². The fourth-order valence-electron chi connectivity index (χ4n) is 1.67. The predicted octanol–water partition coefficient (Wildman–Crippen LogP) is 4.03. The Bertz CT molecular complexity index is 593. The van der Waals surface area contributed by atoms with Crippen LogP contribution < -0.4 is 0 Å². The lowest BCUT2D eigenvalue weighted by Gasteiger charge is -1.97. The van der Waals surface area contributed by atoms with Gasteiger partial charge in [-0.05, 0) is 49.1 Å². The van der Waals surface area contributed by atoms with Crippen LogP contribution in [-0.2, 0) is 6.42 Å². The van der Waals surface area contributed by atoms with Crippen molar-refractivity contribution in [2.24, 2.45) is 0 Å².